The van der Waals surface area contributed by atoms with Crippen LogP contribution in [0.3, 0.4) is 0 Å². The van der Waals surface area contributed by atoms with E-state index in [0.717, 1.165) is 22.4 Å². The number of fused-ring (bicyclic) bond motifs is 1. The van der Waals surface area contributed by atoms with E-state index in [1.807, 2.05) is 6.07 Å². The van der Waals surface area contributed by atoms with E-state index in [4.69, 9.17) is 16.6 Å². The van der Waals surface area contributed by atoms with Gasteiger partial charge in [-0.25, -0.2) is 13.4 Å². The van der Waals surface area contributed by atoms with Crippen LogP contribution < -0.4 is 0 Å². The van der Waals surface area contributed by atoms with Crippen LogP contribution in [0.15, 0.2) is 18.2 Å². The van der Waals surface area contributed by atoms with Crippen LogP contribution in [0.4, 0.5) is 0 Å². The van der Waals surface area contributed by atoms with Crippen molar-refractivity contribution in [2.75, 3.05) is 17.4 Å². The Labute approximate surface area is 130 Å². The molecule has 6 heteroatoms. The number of nitrogens with zero attached hydrogens (tertiary/aromatic N) is 2. The Hall–Kier alpha value is -1.07. The van der Waals surface area contributed by atoms with Crippen molar-refractivity contribution >= 4 is 32.5 Å². The Kier molecular flexibility index (Phi) is 3.97. The van der Waals surface area contributed by atoms with Crippen LogP contribution in [-0.2, 0) is 16.3 Å². The summed E-state index contributed by atoms with van der Waals surface area (Å²) < 4.78 is 25.5. The fraction of sp³-hybridized carbons (Fsp3) is 0.533. The fourth-order valence-corrected chi connectivity index (χ4v) is 4.74. The summed E-state index contributed by atoms with van der Waals surface area (Å²) in [6.07, 6.45) is 2.03. The predicted octanol–water partition coefficient (Wildman–Crippen LogP) is 2.88. The number of halogens is 1. The maximum atomic E-state index is 11.6. The van der Waals surface area contributed by atoms with Crippen molar-refractivity contribution in [2.45, 2.75) is 32.2 Å². The average molecular weight is 327 g/mol. The van der Waals surface area contributed by atoms with E-state index in [9.17, 15) is 8.42 Å². The monoisotopic (exact) mass is 326 g/mol. The van der Waals surface area contributed by atoms with Crippen LogP contribution >= 0.6 is 11.6 Å². The first-order valence-corrected chi connectivity index (χ1v) is 9.60. The number of benzene rings is 1. The minimum atomic E-state index is -2.85. The van der Waals surface area contributed by atoms with Gasteiger partial charge < -0.3 is 4.57 Å². The topological polar surface area (TPSA) is 52.0 Å². The first-order valence-electron chi connectivity index (χ1n) is 7.24. The molecule has 2 heterocycles. The summed E-state index contributed by atoms with van der Waals surface area (Å²) in [5, 5.41) is 0. The lowest BCUT2D eigenvalue weighted by atomic mass is 10.1. The van der Waals surface area contributed by atoms with Crippen molar-refractivity contribution < 1.29 is 8.42 Å². The average Bonchev–Trinajstić information content (AvgIpc) is 2.79. The molecular weight excluding hydrogens is 308 g/mol. The number of aromatic nitrogens is 2. The molecular formula is C15H19ClN2O2S. The van der Waals surface area contributed by atoms with Crippen molar-refractivity contribution in [1.29, 1.82) is 0 Å². The number of hydrogen-bond acceptors (Lipinski definition) is 3. The first kappa shape index (κ1) is 14.9. The number of alkyl halides is 1. The summed E-state index contributed by atoms with van der Waals surface area (Å²) in [6.45, 7) is 2.05. The second-order valence-electron chi connectivity index (χ2n) is 5.66. The van der Waals surface area contributed by atoms with E-state index in [1.165, 1.54) is 0 Å². The lowest BCUT2D eigenvalue weighted by Gasteiger charge is -2.25. The molecule has 0 aliphatic carbocycles. The van der Waals surface area contributed by atoms with Gasteiger partial charge in [0, 0.05) is 18.3 Å². The smallest absolute Gasteiger partial charge is 0.150 e. The molecule has 0 radical (unpaired) electrons. The number of sulfone groups is 1. The van der Waals surface area contributed by atoms with Crippen LogP contribution in [-0.4, -0.2) is 35.4 Å². The van der Waals surface area contributed by atoms with Gasteiger partial charge in [0.1, 0.15) is 15.7 Å². The molecule has 21 heavy (non-hydrogen) atoms. The predicted molar refractivity (Wildman–Crippen MR) is 85.8 cm³/mol. The van der Waals surface area contributed by atoms with Crippen LogP contribution in [0.5, 0.6) is 0 Å². The fourth-order valence-electron chi connectivity index (χ4n) is 3.11. The van der Waals surface area contributed by atoms with Crippen LogP contribution in [0.2, 0.25) is 0 Å². The van der Waals surface area contributed by atoms with Gasteiger partial charge in [0.05, 0.1) is 22.5 Å². The molecule has 0 unspecified atom stereocenters. The third-order valence-corrected chi connectivity index (χ3v) is 6.11. The van der Waals surface area contributed by atoms with Gasteiger partial charge in [-0.05, 0) is 31.4 Å². The van der Waals surface area contributed by atoms with Gasteiger partial charge in [-0.15, -0.1) is 11.6 Å². The van der Waals surface area contributed by atoms with Crippen molar-refractivity contribution in [3.05, 3.63) is 29.6 Å². The highest BCUT2D eigenvalue weighted by atomic mass is 35.5. The largest absolute Gasteiger partial charge is 0.325 e. The van der Waals surface area contributed by atoms with Gasteiger partial charge in [0.25, 0.3) is 0 Å². The van der Waals surface area contributed by atoms with Gasteiger partial charge in [0.2, 0.25) is 0 Å². The molecule has 1 aromatic heterocycles. The molecule has 0 N–H and O–H groups in total. The summed E-state index contributed by atoms with van der Waals surface area (Å²) in [4.78, 5) is 4.74. The molecule has 0 atom stereocenters. The number of hydrogen-bond donors (Lipinski definition) is 0. The number of para-hydroxylation sites is 1. The molecule has 1 saturated heterocycles. The van der Waals surface area contributed by atoms with E-state index in [-0.39, 0.29) is 17.5 Å². The molecule has 0 spiro atoms. The molecule has 1 fully saturated rings. The highest BCUT2D eigenvalue weighted by Gasteiger charge is 2.27. The third kappa shape index (κ3) is 2.81. The summed E-state index contributed by atoms with van der Waals surface area (Å²) >= 11 is 5.91. The maximum Gasteiger partial charge on any atom is 0.150 e. The summed E-state index contributed by atoms with van der Waals surface area (Å²) in [7, 11) is -2.85. The minimum absolute atomic E-state index is 0.207. The van der Waals surface area contributed by atoms with E-state index in [2.05, 4.69) is 23.6 Å². The summed E-state index contributed by atoms with van der Waals surface area (Å²) in [6, 6.07) is 6.35. The molecule has 3 rings (SSSR count). The highest BCUT2D eigenvalue weighted by Crippen LogP contribution is 2.31. The zero-order chi connectivity index (χ0) is 15.0. The number of rotatable bonds is 3. The van der Waals surface area contributed by atoms with Gasteiger partial charge in [-0.2, -0.15) is 0 Å². The molecule has 114 valence electrons. The molecule has 2 aromatic rings. The third-order valence-electron chi connectivity index (χ3n) is 4.20. The van der Waals surface area contributed by atoms with Crippen molar-refractivity contribution in [1.82, 2.24) is 9.55 Å². The molecule has 1 aliphatic heterocycles. The number of imidazole rings is 1. The molecule has 1 aromatic carbocycles. The summed E-state index contributed by atoms with van der Waals surface area (Å²) in [5.74, 6) is 2.03. The van der Waals surface area contributed by atoms with E-state index in [1.54, 1.807) is 0 Å². The molecule has 0 amide bonds. The van der Waals surface area contributed by atoms with Crippen molar-refractivity contribution in [2.24, 2.45) is 0 Å². The Morgan fingerprint density at radius 2 is 2.05 bits per heavy atom. The summed E-state index contributed by atoms with van der Waals surface area (Å²) in [5.41, 5.74) is 3.25. The van der Waals surface area contributed by atoms with E-state index < -0.39 is 9.84 Å². The SMILES string of the molecule is Cc1cccc2c1nc(CCCl)n2C1CCS(=O)(=O)CC1. The molecule has 0 bridgehead atoms. The van der Waals surface area contributed by atoms with Gasteiger partial charge >= 0.3 is 0 Å². The van der Waals surface area contributed by atoms with E-state index in [0.29, 0.717) is 25.1 Å². The maximum absolute atomic E-state index is 11.6. The van der Waals surface area contributed by atoms with Crippen LogP contribution in [0.25, 0.3) is 11.0 Å². The quantitative estimate of drug-likeness (QED) is 0.815. The first-order chi connectivity index (χ1) is 10.0. The molecule has 1 aliphatic rings. The minimum Gasteiger partial charge on any atom is -0.325 e. The van der Waals surface area contributed by atoms with Crippen LogP contribution in [0.1, 0.15) is 30.3 Å². The number of aryl methyl sites for hydroxylation is 2. The Balaban J connectivity index is 2.08. The Bertz CT molecular complexity index is 753. The highest BCUT2D eigenvalue weighted by molar-refractivity contribution is 7.91. The van der Waals surface area contributed by atoms with Gasteiger partial charge in [-0.1, -0.05) is 12.1 Å². The Morgan fingerprint density at radius 3 is 2.71 bits per heavy atom. The molecule has 0 saturated carbocycles. The lowest BCUT2D eigenvalue weighted by molar-refractivity contribution is 0.447. The zero-order valence-electron chi connectivity index (χ0n) is 12.0. The van der Waals surface area contributed by atoms with Crippen molar-refractivity contribution in [3.8, 4) is 0 Å². The molecule has 4 nitrogen and oxygen atoms in total. The van der Waals surface area contributed by atoms with Gasteiger partial charge in [0.15, 0.2) is 0 Å². The van der Waals surface area contributed by atoms with Crippen LogP contribution in [0, 0.1) is 6.92 Å². The van der Waals surface area contributed by atoms with Gasteiger partial charge in [-0.3, -0.25) is 0 Å². The van der Waals surface area contributed by atoms with Crippen molar-refractivity contribution in [3.63, 3.8) is 0 Å². The van der Waals surface area contributed by atoms with E-state index >= 15 is 0 Å². The standard InChI is InChI=1S/C15H19ClN2O2S/c1-11-3-2-4-13-15(11)17-14(5-8-16)18(13)12-6-9-21(19,20)10-7-12/h2-4,12H,5-10H2,1H3. The second kappa shape index (κ2) is 5.61. The Morgan fingerprint density at radius 1 is 1.33 bits per heavy atom. The lowest BCUT2D eigenvalue weighted by Crippen LogP contribution is -2.26. The normalized spacial score (nSPS) is 19.1. The second-order valence-corrected chi connectivity index (χ2v) is 8.34. The zero-order valence-corrected chi connectivity index (χ0v) is 13.6.